The Morgan fingerprint density at radius 2 is 0.350 bits per heavy atom. The molecule has 6 aromatic carbocycles. The summed E-state index contributed by atoms with van der Waals surface area (Å²) in [6.07, 6.45) is 20.4. The minimum absolute atomic E-state index is 0. The predicted molar refractivity (Wildman–Crippen MR) is 228 cm³/mol. The van der Waals surface area contributed by atoms with Crippen LogP contribution in [0.1, 0.15) is 33.4 Å². The van der Waals surface area contributed by atoms with Crippen molar-refractivity contribution in [3.05, 3.63) is 252 Å². The van der Waals surface area contributed by atoms with E-state index in [-0.39, 0.29) is 108 Å². The molecule has 0 atom stereocenters. The largest absolute Gasteiger partial charge is 2.00 e. The van der Waals surface area contributed by atoms with Crippen molar-refractivity contribution >= 4 is 53.8 Å². The maximum absolute atomic E-state index is 11.6. The number of ketones is 3. The van der Waals surface area contributed by atoms with Gasteiger partial charge in [-0.3, -0.25) is 14.4 Å². The number of carbonyl (C=O) groups excluding carboxylic acids is 3. The molecular formula is C51H42Cl4O3Pd2. The first-order valence-corrected chi connectivity index (χ1v) is 17.5. The molecule has 0 aliphatic heterocycles. The summed E-state index contributed by atoms with van der Waals surface area (Å²) in [5, 5.41) is 0. The Balaban J connectivity index is -0.000000774. The van der Waals surface area contributed by atoms with Crippen LogP contribution in [0, 0.1) is 0 Å². The first-order valence-electron chi connectivity index (χ1n) is 17.5. The van der Waals surface area contributed by atoms with Crippen molar-refractivity contribution in [3.8, 4) is 0 Å². The van der Waals surface area contributed by atoms with Crippen LogP contribution in [0.4, 0.5) is 0 Å². The molecule has 0 radical (unpaired) electrons. The maximum atomic E-state index is 11.6. The van der Waals surface area contributed by atoms with Crippen LogP contribution in [-0.4, -0.2) is 17.3 Å². The fourth-order valence-electron chi connectivity index (χ4n) is 4.62. The van der Waals surface area contributed by atoms with E-state index in [0.29, 0.717) is 0 Å². The SMILES string of the molecule is O=C(/C=C/c1ccccc1)/C=C/c1ccccc1.O=C(/C=C/c1ccccc1)/C=C/c1ccccc1.O=C(/C=C/c1ccccc1)/C=C/c1ccccc1.[Cl-].[Cl-].[Cl-].[Cl-].[Pd+2].[Pd+2]. The monoisotopic (exact) mass is 1050 g/mol. The van der Waals surface area contributed by atoms with Gasteiger partial charge < -0.3 is 49.6 Å². The van der Waals surface area contributed by atoms with E-state index in [1.807, 2.05) is 218 Å². The van der Waals surface area contributed by atoms with Crippen LogP contribution < -0.4 is 49.6 Å². The Bertz CT molecular complexity index is 1790. The molecule has 0 spiro atoms. The summed E-state index contributed by atoms with van der Waals surface area (Å²) < 4.78 is 0. The molecule has 0 saturated carbocycles. The molecule has 0 unspecified atom stereocenters. The van der Waals surface area contributed by atoms with Gasteiger partial charge in [0.25, 0.3) is 0 Å². The third kappa shape index (κ3) is 27.1. The number of benzene rings is 6. The normalized spacial score (nSPS) is 10.0. The molecule has 312 valence electrons. The topological polar surface area (TPSA) is 51.2 Å². The van der Waals surface area contributed by atoms with Crippen molar-refractivity contribution in [3.63, 3.8) is 0 Å². The van der Waals surface area contributed by atoms with E-state index in [2.05, 4.69) is 0 Å². The van der Waals surface area contributed by atoms with Crippen LogP contribution in [0.3, 0.4) is 0 Å². The van der Waals surface area contributed by atoms with Gasteiger partial charge in [-0.2, -0.15) is 0 Å². The molecule has 0 fully saturated rings. The minimum Gasteiger partial charge on any atom is -1.00 e. The van der Waals surface area contributed by atoms with Crippen molar-refractivity contribution in [2.24, 2.45) is 0 Å². The molecule has 0 saturated heterocycles. The number of allylic oxidation sites excluding steroid dienone is 6. The van der Waals surface area contributed by atoms with Gasteiger partial charge in [0.05, 0.1) is 0 Å². The number of halogens is 4. The van der Waals surface area contributed by atoms with Crippen molar-refractivity contribution in [2.45, 2.75) is 0 Å². The predicted octanol–water partition coefficient (Wildman–Crippen LogP) is -0.0421. The van der Waals surface area contributed by atoms with Crippen LogP contribution in [0.2, 0.25) is 0 Å². The van der Waals surface area contributed by atoms with Crippen molar-refractivity contribution in [1.82, 2.24) is 0 Å². The van der Waals surface area contributed by atoms with Gasteiger partial charge in [0.1, 0.15) is 0 Å². The zero-order valence-corrected chi connectivity index (χ0v) is 38.3. The average Bonchev–Trinajstić information content (AvgIpc) is 3.24. The van der Waals surface area contributed by atoms with Crippen LogP contribution in [0.25, 0.3) is 36.5 Å². The molecule has 6 rings (SSSR count). The van der Waals surface area contributed by atoms with E-state index in [1.165, 1.54) is 0 Å². The summed E-state index contributed by atoms with van der Waals surface area (Å²) in [5.41, 5.74) is 6.16. The molecule has 6 aromatic rings. The number of hydrogen-bond acceptors (Lipinski definition) is 3. The Morgan fingerprint density at radius 1 is 0.233 bits per heavy atom. The molecule has 60 heavy (non-hydrogen) atoms. The summed E-state index contributed by atoms with van der Waals surface area (Å²) in [6, 6.07) is 58.7. The van der Waals surface area contributed by atoms with Crippen LogP contribution >= 0.6 is 0 Å². The van der Waals surface area contributed by atoms with Gasteiger partial charge >= 0.3 is 40.8 Å². The second-order valence-corrected chi connectivity index (χ2v) is 11.7. The summed E-state index contributed by atoms with van der Waals surface area (Å²) in [6.45, 7) is 0. The number of hydrogen-bond donors (Lipinski definition) is 0. The van der Waals surface area contributed by atoms with Crippen molar-refractivity contribution in [1.29, 1.82) is 0 Å². The van der Waals surface area contributed by atoms with Gasteiger partial charge in [-0.25, -0.2) is 0 Å². The van der Waals surface area contributed by atoms with E-state index in [9.17, 15) is 14.4 Å². The van der Waals surface area contributed by atoms with Gasteiger partial charge in [-0.15, -0.1) is 0 Å². The molecule has 0 aliphatic rings. The third-order valence-corrected chi connectivity index (χ3v) is 7.44. The summed E-state index contributed by atoms with van der Waals surface area (Å²) in [7, 11) is 0. The molecule has 0 aliphatic carbocycles. The van der Waals surface area contributed by atoms with E-state index < -0.39 is 0 Å². The van der Waals surface area contributed by atoms with Gasteiger partial charge in [0.15, 0.2) is 17.3 Å². The first-order chi connectivity index (χ1) is 26.5. The van der Waals surface area contributed by atoms with Gasteiger partial charge in [-0.05, 0) is 69.8 Å². The first kappa shape index (κ1) is 59.6. The van der Waals surface area contributed by atoms with Crippen LogP contribution in [0.5, 0.6) is 0 Å². The maximum Gasteiger partial charge on any atom is 2.00 e. The molecular weight excluding hydrogens is 1020 g/mol. The Labute approximate surface area is 407 Å². The van der Waals surface area contributed by atoms with E-state index in [1.54, 1.807) is 36.5 Å². The quantitative estimate of drug-likeness (QED) is 0.128. The molecule has 3 nitrogen and oxygen atoms in total. The Kier molecular flexibility index (Phi) is 37.0. The second-order valence-electron chi connectivity index (χ2n) is 11.7. The summed E-state index contributed by atoms with van der Waals surface area (Å²) >= 11 is 0. The summed E-state index contributed by atoms with van der Waals surface area (Å²) in [4.78, 5) is 34.8. The Morgan fingerprint density at radius 3 is 0.467 bits per heavy atom. The zero-order chi connectivity index (χ0) is 37.9. The third-order valence-electron chi connectivity index (χ3n) is 7.44. The summed E-state index contributed by atoms with van der Waals surface area (Å²) in [5.74, 6) is -0.0341. The van der Waals surface area contributed by atoms with E-state index in [0.717, 1.165) is 33.4 Å². The standard InChI is InChI=1S/3C17H14O.4ClH.2Pd/c3*18-17(13-11-15-7-3-1-4-8-15)14-12-16-9-5-2-6-10-16;;;;;;/h3*1-14H;4*1H;;/q;;;;;;;2*+2/p-4/b3*13-11+,14-12+;;;;;;. The van der Waals surface area contributed by atoms with Gasteiger partial charge in [-0.1, -0.05) is 218 Å². The fraction of sp³-hybridized carbons (Fsp3) is 0. The van der Waals surface area contributed by atoms with Gasteiger partial charge in [0, 0.05) is 0 Å². The molecule has 0 N–H and O–H groups in total. The number of rotatable bonds is 12. The molecule has 0 bridgehead atoms. The number of carbonyl (C=O) groups is 3. The zero-order valence-electron chi connectivity index (χ0n) is 32.1. The molecule has 0 heterocycles. The van der Waals surface area contributed by atoms with Crippen molar-refractivity contribution < 1.29 is 105 Å². The Hall–Kier alpha value is -4.75. The second kappa shape index (κ2) is 37.3. The fourth-order valence-corrected chi connectivity index (χ4v) is 4.62. The molecule has 0 aromatic heterocycles. The molecule has 0 amide bonds. The van der Waals surface area contributed by atoms with E-state index >= 15 is 0 Å². The van der Waals surface area contributed by atoms with Crippen molar-refractivity contribution in [2.75, 3.05) is 0 Å². The minimum atomic E-state index is -0.0114. The van der Waals surface area contributed by atoms with Crippen LogP contribution in [-0.2, 0) is 55.2 Å². The molecule has 9 heteroatoms. The smallest absolute Gasteiger partial charge is 1.00 e. The van der Waals surface area contributed by atoms with Crippen LogP contribution in [0.15, 0.2) is 218 Å². The van der Waals surface area contributed by atoms with Gasteiger partial charge in [0.2, 0.25) is 0 Å². The average molecular weight is 1060 g/mol. The van der Waals surface area contributed by atoms with E-state index in [4.69, 9.17) is 0 Å².